The molecule has 0 aliphatic carbocycles. The fourth-order valence-corrected chi connectivity index (χ4v) is 2.17. The van der Waals surface area contributed by atoms with Crippen LogP contribution in [0.4, 0.5) is 11.4 Å². The molecule has 0 saturated carbocycles. The Kier molecular flexibility index (Phi) is 4.10. The highest BCUT2D eigenvalue weighted by atomic mass is 16.2. The SMILES string of the molecule is CCC(C)(N)C(=O)Nc1ccc(N2CCCC2)cc1. The Hall–Kier alpha value is -1.55. The van der Waals surface area contributed by atoms with Crippen LogP contribution >= 0.6 is 0 Å². The topological polar surface area (TPSA) is 58.4 Å². The highest BCUT2D eigenvalue weighted by Gasteiger charge is 2.25. The standard InChI is InChI=1S/C15H23N3O/c1-3-15(2,16)14(19)17-12-6-8-13(9-7-12)18-10-4-5-11-18/h6-9H,3-5,10-11,16H2,1-2H3,(H,17,19). The van der Waals surface area contributed by atoms with Crippen molar-refractivity contribution in [3.05, 3.63) is 24.3 Å². The number of amides is 1. The van der Waals surface area contributed by atoms with Crippen LogP contribution in [0.1, 0.15) is 33.1 Å². The molecular formula is C15H23N3O. The zero-order valence-electron chi connectivity index (χ0n) is 11.8. The Labute approximate surface area is 115 Å². The Morgan fingerprint density at radius 1 is 1.32 bits per heavy atom. The van der Waals surface area contributed by atoms with E-state index in [1.165, 1.54) is 18.5 Å². The van der Waals surface area contributed by atoms with Crippen molar-refractivity contribution in [3.8, 4) is 0 Å². The zero-order chi connectivity index (χ0) is 13.9. The van der Waals surface area contributed by atoms with Gasteiger partial charge in [0.05, 0.1) is 5.54 Å². The molecule has 0 bridgehead atoms. The van der Waals surface area contributed by atoms with Gasteiger partial charge in [-0.2, -0.15) is 0 Å². The van der Waals surface area contributed by atoms with Crippen molar-refractivity contribution in [3.63, 3.8) is 0 Å². The van der Waals surface area contributed by atoms with Crippen LogP contribution in [0.2, 0.25) is 0 Å². The minimum Gasteiger partial charge on any atom is -0.372 e. The van der Waals surface area contributed by atoms with E-state index in [0.29, 0.717) is 6.42 Å². The Balaban J connectivity index is 2.00. The van der Waals surface area contributed by atoms with Crippen LogP contribution in [0, 0.1) is 0 Å². The maximum atomic E-state index is 12.0. The molecule has 1 unspecified atom stereocenters. The summed E-state index contributed by atoms with van der Waals surface area (Å²) in [6.07, 6.45) is 3.14. The lowest BCUT2D eigenvalue weighted by Crippen LogP contribution is -2.47. The number of anilines is 2. The molecule has 1 saturated heterocycles. The first-order valence-corrected chi connectivity index (χ1v) is 6.98. The summed E-state index contributed by atoms with van der Waals surface area (Å²) in [7, 11) is 0. The molecule has 4 heteroatoms. The number of carbonyl (C=O) groups is 1. The lowest BCUT2D eigenvalue weighted by atomic mass is 9.99. The normalized spacial score (nSPS) is 18.2. The first kappa shape index (κ1) is 13.9. The van der Waals surface area contributed by atoms with Gasteiger partial charge in [-0.1, -0.05) is 6.92 Å². The molecule has 1 heterocycles. The fourth-order valence-electron chi connectivity index (χ4n) is 2.17. The summed E-state index contributed by atoms with van der Waals surface area (Å²) in [5, 5.41) is 2.87. The molecule has 1 aromatic carbocycles. The molecule has 1 aliphatic heterocycles. The van der Waals surface area contributed by atoms with Crippen LogP contribution in [0.5, 0.6) is 0 Å². The maximum Gasteiger partial charge on any atom is 0.244 e. The highest BCUT2D eigenvalue weighted by Crippen LogP contribution is 2.22. The van der Waals surface area contributed by atoms with Crippen LogP contribution in [0.15, 0.2) is 24.3 Å². The van der Waals surface area contributed by atoms with Crippen molar-refractivity contribution < 1.29 is 4.79 Å². The predicted molar refractivity (Wildman–Crippen MR) is 79.4 cm³/mol. The van der Waals surface area contributed by atoms with E-state index in [4.69, 9.17) is 5.73 Å². The van der Waals surface area contributed by atoms with E-state index < -0.39 is 5.54 Å². The van der Waals surface area contributed by atoms with E-state index in [-0.39, 0.29) is 5.91 Å². The van der Waals surface area contributed by atoms with E-state index in [2.05, 4.69) is 22.3 Å². The molecule has 1 amide bonds. The van der Waals surface area contributed by atoms with Crippen molar-refractivity contribution in [1.29, 1.82) is 0 Å². The van der Waals surface area contributed by atoms with Gasteiger partial charge in [0, 0.05) is 24.5 Å². The molecule has 2 rings (SSSR count). The average molecular weight is 261 g/mol. The molecule has 19 heavy (non-hydrogen) atoms. The smallest absolute Gasteiger partial charge is 0.244 e. The lowest BCUT2D eigenvalue weighted by molar-refractivity contribution is -0.120. The molecule has 104 valence electrons. The number of hydrogen-bond donors (Lipinski definition) is 2. The Morgan fingerprint density at radius 2 is 1.89 bits per heavy atom. The number of benzene rings is 1. The molecule has 1 aliphatic rings. The Morgan fingerprint density at radius 3 is 2.42 bits per heavy atom. The highest BCUT2D eigenvalue weighted by molar-refractivity contribution is 5.97. The molecule has 0 spiro atoms. The maximum absolute atomic E-state index is 12.0. The van der Waals surface area contributed by atoms with Crippen molar-refractivity contribution in [2.24, 2.45) is 5.73 Å². The molecule has 3 N–H and O–H groups in total. The summed E-state index contributed by atoms with van der Waals surface area (Å²) in [4.78, 5) is 14.3. The van der Waals surface area contributed by atoms with Gasteiger partial charge in [0.25, 0.3) is 0 Å². The average Bonchev–Trinajstić information content (AvgIpc) is 2.93. The van der Waals surface area contributed by atoms with E-state index in [0.717, 1.165) is 18.8 Å². The third-order valence-corrected chi connectivity index (χ3v) is 3.85. The second-order valence-corrected chi connectivity index (χ2v) is 5.47. The van der Waals surface area contributed by atoms with E-state index in [1.807, 2.05) is 19.1 Å². The van der Waals surface area contributed by atoms with Crippen molar-refractivity contribution in [2.75, 3.05) is 23.3 Å². The largest absolute Gasteiger partial charge is 0.372 e. The molecule has 1 aromatic rings. The van der Waals surface area contributed by atoms with Crippen LogP contribution in [-0.4, -0.2) is 24.5 Å². The number of carbonyl (C=O) groups excluding carboxylic acids is 1. The first-order valence-electron chi connectivity index (χ1n) is 6.98. The van der Waals surface area contributed by atoms with Gasteiger partial charge in [0.15, 0.2) is 0 Å². The minimum absolute atomic E-state index is 0.135. The summed E-state index contributed by atoms with van der Waals surface area (Å²) < 4.78 is 0. The number of nitrogens with two attached hydrogens (primary N) is 1. The number of nitrogens with zero attached hydrogens (tertiary/aromatic N) is 1. The van der Waals surface area contributed by atoms with Gasteiger partial charge >= 0.3 is 0 Å². The van der Waals surface area contributed by atoms with Crippen LogP contribution in [0.25, 0.3) is 0 Å². The van der Waals surface area contributed by atoms with Gasteiger partial charge in [-0.05, 0) is 50.5 Å². The first-order chi connectivity index (χ1) is 9.03. The fraction of sp³-hybridized carbons (Fsp3) is 0.533. The zero-order valence-corrected chi connectivity index (χ0v) is 11.8. The summed E-state index contributed by atoms with van der Waals surface area (Å²) >= 11 is 0. The van der Waals surface area contributed by atoms with Crippen molar-refractivity contribution >= 4 is 17.3 Å². The molecule has 4 nitrogen and oxygen atoms in total. The predicted octanol–water partition coefficient (Wildman–Crippen LogP) is 2.35. The quantitative estimate of drug-likeness (QED) is 0.874. The third kappa shape index (κ3) is 3.26. The van der Waals surface area contributed by atoms with E-state index in [1.54, 1.807) is 6.92 Å². The molecule has 0 aromatic heterocycles. The molecule has 1 fully saturated rings. The minimum atomic E-state index is -0.812. The number of rotatable bonds is 4. The lowest BCUT2D eigenvalue weighted by Gasteiger charge is -2.22. The summed E-state index contributed by atoms with van der Waals surface area (Å²) in [6, 6.07) is 8.00. The molecular weight excluding hydrogens is 238 g/mol. The van der Waals surface area contributed by atoms with Gasteiger partial charge in [-0.25, -0.2) is 0 Å². The summed E-state index contributed by atoms with van der Waals surface area (Å²) in [5.74, 6) is -0.135. The van der Waals surface area contributed by atoms with Crippen LogP contribution in [-0.2, 0) is 4.79 Å². The second kappa shape index (κ2) is 5.61. The van der Waals surface area contributed by atoms with Crippen molar-refractivity contribution in [2.45, 2.75) is 38.6 Å². The Bertz CT molecular complexity index is 433. The van der Waals surface area contributed by atoms with Crippen LogP contribution < -0.4 is 16.0 Å². The number of nitrogens with one attached hydrogen (secondary N) is 1. The van der Waals surface area contributed by atoms with Gasteiger partial charge in [-0.15, -0.1) is 0 Å². The number of hydrogen-bond acceptors (Lipinski definition) is 3. The van der Waals surface area contributed by atoms with Gasteiger partial charge in [0.2, 0.25) is 5.91 Å². The van der Waals surface area contributed by atoms with Crippen molar-refractivity contribution in [1.82, 2.24) is 0 Å². The van der Waals surface area contributed by atoms with Gasteiger partial charge in [0.1, 0.15) is 0 Å². The van der Waals surface area contributed by atoms with Crippen LogP contribution in [0.3, 0.4) is 0 Å². The second-order valence-electron chi connectivity index (χ2n) is 5.47. The van der Waals surface area contributed by atoms with Gasteiger partial charge in [-0.3, -0.25) is 4.79 Å². The van der Waals surface area contributed by atoms with Gasteiger partial charge < -0.3 is 16.0 Å². The molecule has 0 radical (unpaired) electrons. The summed E-state index contributed by atoms with van der Waals surface area (Å²) in [6.45, 7) is 5.92. The summed E-state index contributed by atoms with van der Waals surface area (Å²) in [5.41, 5.74) is 7.13. The monoisotopic (exact) mass is 261 g/mol. The van der Waals surface area contributed by atoms with E-state index >= 15 is 0 Å². The molecule has 1 atom stereocenters. The van der Waals surface area contributed by atoms with E-state index in [9.17, 15) is 4.79 Å². The third-order valence-electron chi connectivity index (χ3n) is 3.85.